The van der Waals surface area contributed by atoms with Gasteiger partial charge >= 0.3 is 0 Å². The van der Waals surface area contributed by atoms with Gasteiger partial charge in [0.2, 0.25) is 0 Å². The number of nitrogens with two attached hydrogens (primary N) is 1. The van der Waals surface area contributed by atoms with Crippen molar-refractivity contribution in [2.75, 3.05) is 6.54 Å². The van der Waals surface area contributed by atoms with Crippen molar-refractivity contribution in [2.45, 2.75) is 24.8 Å². The second-order valence-corrected chi connectivity index (χ2v) is 5.48. The van der Waals surface area contributed by atoms with E-state index in [0.29, 0.717) is 17.9 Å². The molecule has 1 aromatic heterocycles. The Balaban J connectivity index is 0.00000176. The number of nitrogens with one attached hydrogen (secondary N) is 1. The second-order valence-electron chi connectivity index (χ2n) is 5.48. The lowest BCUT2D eigenvalue weighted by Crippen LogP contribution is -2.32. The Morgan fingerprint density at radius 3 is 2.73 bits per heavy atom. The summed E-state index contributed by atoms with van der Waals surface area (Å²) < 4.78 is 18.5. The molecule has 1 fully saturated rings. The zero-order chi connectivity index (χ0) is 14.9. The van der Waals surface area contributed by atoms with Gasteiger partial charge in [-0.25, -0.2) is 4.39 Å². The van der Waals surface area contributed by atoms with Gasteiger partial charge < -0.3 is 15.5 Å². The molecule has 0 radical (unpaired) electrons. The second kappa shape index (κ2) is 6.50. The molecule has 4 nitrogen and oxygen atoms in total. The Morgan fingerprint density at radius 1 is 1.36 bits per heavy atom. The molecule has 0 atom stereocenters. The number of halogens is 2. The fourth-order valence-corrected chi connectivity index (χ4v) is 2.50. The minimum absolute atomic E-state index is 0. The molecule has 0 spiro atoms. The van der Waals surface area contributed by atoms with Gasteiger partial charge in [0.1, 0.15) is 17.8 Å². The van der Waals surface area contributed by atoms with Crippen LogP contribution in [-0.2, 0) is 12.0 Å². The summed E-state index contributed by atoms with van der Waals surface area (Å²) in [4.78, 5) is 12.1. The first kappa shape index (κ1) is 16.5. The van der Waals surface area contributed by atoms with Gasteiger partial charge in [0.25, 0.3) is 5.91 Å². The third kappa shape index (κ3) is 3.31. The molecule has 0 saturated heterocycles. The topological polar surface area (TPSA) is 68.3 Å². The van der Waals surface area contributed by atoms with E-state index >= 15 is 0 Å². The first-order valence-corrected chi connectivity index (χ1v) is 6.95. The molecule has 0 aliphatic heterocycles. The Kier molecular flexibility index (Phi) is 4.88. The van der Waals surface area contributed by atoms with Crippen LogP contribution in [0.2, 0.25) is 0 Å². The van der Waals surface area contributed by atoms with Crippen LogP contribution in [0.3, 0.4) is 0 Å². The number of carbonyl (C=O) groups is 1. The Bertz CT molecular complexity index is 668. The van der Waals surface area contributed by atoms with Gasteiger partial charge in [0.15, 0.2) is 0 Å². The van der Waals surface area contributed by atoms with Crippen LogP contribution < -0.4 is 11.1 Å². The monoisotopic (exact) mass is 324 g/mol. The maximum atomic E-state index is 13.3. The number of hydrogen-bond acceptors (Lipinski definition) is 3. The molecule has 3 N–H and O–H groups in total. The molecule has 1 aromatic carbocycles. The Morgan fingerprint density at radius 2 is 2.14 bits per heavy atom. The summed E-state index contributed by atoms with van der Waals surface area (Å²) in [7, 11) is 0. The van der Waals surface area contributed by atoms with Crippen LogP contribution in [0, 0.1) is 5.82 Å². The summed E-state index contributed by atoms with van der Waals surface area (Å²) in [6, 6.07) is 8.22. The van der Waals surface area contributed by atoms with Gasteiger partial charge in [0.05, 0.1) is 12.1 Å². The van der Waals surface area contributed by atoms with Crippen LogP contribution in [0.25, 0.3) is 0 Å². The van der Waals surface area contributed by atoms with E-state index < -0.39 is 0 Å². The van der Waals surface area contributed by atoms with E-state index in [-0.39, 0.29) is 36.1 Å². The van der Waals surface area contributed by atoms with Gasteiger partial charge in [-0.1, -0.05) is 12.1 Å². The standard InChI is InChI=1S/C16H17FN2O2.ClH/c17-13-3-1-2-12(7-13)16(4-5-16)10-19-15(20)11-6-14(8-18)21-9-11;/h1-3,6-7,9H,4-5,8,10,18H2,(H,19,20);1H. The van der Waals surface area contributed by atoms with Crippen molar-refractivity contribution in [3.8, 4) is 0 Å². The zero-order valence-electron chi connectivity index (χ0n) is 12.0. The number of furan rings is 1. The highest BCUT2D eigenvalue weighted by Gasteiger charge is 2.44. The summed E-state index contributed by atoms with van der Waals surface area (Å²) in [6.45, 7) is 0.763. The summed E-state index contributed by atoms with van der Waals surface area (Å²) in [5.41, 5.74) is 6.72. The average Bonchev–Trinajstić information content (AvgIpc) is 3.13. The molecule has 0 bridgehead atoms. The van der Waals surface area contributed by atoms with Gasteiger partial charge in [-0.15, -0.1) is 12.4 Å². The van der Waals surface area contributed by atoms with Crippen molar-refractivity contribution in [1.29, 1.82) is 0 Å². The van der Waals surface area contributed by atoms with Crippen molar-refractivity contribution in [1.82, 2.24) is 5.32 Å². The number of amides is 1. The normalized spacial score (nSPS) is 15.0. The van der Waals surface area contributed by atoms with Gasteiger partial charge in [-0.2, -0.15) is 0 Å². The molecule has 22 heavy (non-hydrogen) atoms. The summed E-state index contributed by atoms with van der Waals surface area (Å²) >= 11 is 0. The van der Waals surface area contributed by atoms with E-state index in [2.05, 4.69) is 5.32 Å². The van der Waals surface area contributed by atoms with Gasteiger partial charge in [-0.05, 0) is 36.6 Å². The van der Waals surface area contributed by atoms with E-state index in [1.165, 1.54) is 12.3 Å². The zero-order valence-corrected chi connectivity index (χ0v) is 12.8. The molecule has 1 heterocycles. The fraction of sp³-hybridized carbons (Fsp3) is 0.312. The molecular weight excluding hydrogens is 307 g/mol. The lowest BCUT2D eigenvalue weighted by molar-refractivity contribution is 0.0949. The molecule has 0 unspecified atom stereocenters. The highest BCUT2D eigenvalue weighted by molar-refractivity contribution is 5.94. The van der Waals surface area contributed by atoms with E-state index in [4.69, 9.17) is 10.2 Å². The molecule has 6 heteroatoms. The predicted octanol–water partition coefficient (Wildman–Crippen LogP) is 2.76. The molecule has 118 valence electrons. The Hall–Kier alpha value is -1.85. The SMILES string of the molecule is Cl.NCc1cc(C(=O)NCC2(c3cccc(F)c3)CC2)co1. The first-order valence-electron chi connectivity index (χ1n) is 6.95. The maximum absolute atomic E-state index is 13.3. The maximum Gasteiger partial charge on any atom is 0.254 e. The quantitative estimate of drug-likeness (QED) is 0.888. The third-order valence-corrected chi connectivity index (χ3v) is 4.00. The predicted molar refractivity (Wildman–Crippen MR) is 83.5 cm³/mol. The van der Waals surface area contributed by atoms with Crippen molar-refractivity contribution in [3.05, 3.63) is 59.3 Å². The van der Waals surface area contributed by atoms with E-state index in [1.807, 2.05) is 6.07 Å². The van der Waals surface area contributed by atoms with E-state index in [0.717, 1.165) is 18.4 Å². The van der Waals surface area contributed by atoms with Gasteiger partial charge in [0, 0.05) is 12.0 Å². The average molecular weight is 325 g/mol. The third-order valence-electron chi connectivity index (χ3n) is 4.00. The van der Waals surface area contributed by atoms with Crippen LogP contribution in [0.15, 0.2) is 41.0 Å². The lowest BCUT2D eigenvalue weighted by atomic mass is 9.96. The highest BCUT2D eigenvalue weighted by atomic mass is 35.5. The molecular formula is C16H18ClFN2O2. The van der Waals surface area contributed by atoms with Crippen molar-refractivity contribution in [2.24, 2.45) is 5.73 Å². The number of benzene rings is 1. The van der Waals surface area contributed by atoms with E-state index in [1.54, 1.807) is 18.2 Å². The van der Waals surface area contributed by atoms with E-state index in [9.17, 15) is 9.18 Å². The fourth-order valence-electron chi connectivity index (χ4n) is 2.50. The molecule has 2 aromatic rings. The largest absolute Gasteiger partial charge is 0.467 e. The molecule has 1 saturated carbocycles. The molecule has 3 rings (SSSR count). The highest BCUT2D eigenvalue weighted by Crippen LogP contribution is 2.47. The number of hydrogen-bond donors (Lipinski definition) is 2. The smallest absolute Gasteiger partial charge is 0.254 e. The molecule has 1 amide bonds. The summed E-state index contributed by atoms with van der Waals surface area (Å²) in [6.07, 6.45) is 3.31. The van der Waals surface area contributed by atoms with Crippen LogP contribution in [-0.4, -0.2) is 12.5 Å². The van der Waals surface area contributed by atoms with Crippen LogP contribution in [0.4, 0.5) is 4.39 Å². The van der Waals surface area contributed by atoms with Crippen molar-refractivity contribution < 1.29 is 13.6 Å². The molecule has 1 aliphatic rings. The minimum Gasteiger partial charge on any atom is -0.467 e. The van der Waals surface area contributed by atoms with Crippen LogP contribution in [0.1, 0.15) is 34.5 Å². The van der Waals surface area contributed by atoms with Gasteiger partial charge in [-0.3, -0.25) is 4.79 Å². The number of carbonyl (C=O) groups excluding carboxylic acids is 1. The lowest BCUT2D eigenvalue weighted by Gasteiger charge is -2.16. The molecule has 1 aliphatic carbocycles. The summed E-state index contributed by atoms with van der Waals surface area (Å²) in [5.74, 6) is 0.139. The first-order chi connectivity index (χ1) is 10.1. The minimum atomic E-state index is -0.243. The Labute approximate surface area is 134 Å². The van der Waals surface area contributed by atoms with Crippen molar-refractivity contribution >= 4 is 18.3 Å². The van der Waals surface area contributed by atoms with Crippen LogP contribution in [0.5, 0.6) is 0 Å². The van der Waals surface area contributed by atoms with Crippen molar-refractivity contribution in [3.63, 3.8) is 0 Å². The van der Waals surface area contributed by atoms with Crippen LogP contribution >= 0.6 is 12.4 Å². The summed E-state index contributed by atoms with van der Waals surface area (Å²) in [5, 5.41) is 2.89. The number of rotatable bonds is 5.